The zero-order valence-electron chi connectivity index (χ0n) is 13.2. The first-order chi connectivity index (χ1) is 10.9. The van der Waals surface area contributed by atoms with Gasteiger partial charge in [0.15, 0.2) is 0 Å². The van der Waals surface area contributed by atoms with Crippen molar-refractivity contribution in [2.24, 2.45) is 5.92 Å². The predicted molar refractivity (Wildman–Crippen MR) is 90.2 cm³/mol. The second kappa shape index (κ2) is 7.22. The Morgan fingerprint density at radius 1 is 1.38 bits per heavy atom. The number of rotatable bonds is 4. The average molecular weight is 378 g/mol. The number of ether oxygens (including phenoxy) is 1. The zero-order chi connectivity index (χ0) is 16.6. The maximum Gasteiger partial charge on any atom is 0.273 e. The Kier molecular flexibility index (Phi) is 5.69. The molecule has 0 amide bonds. The summed E-state index contributed by atoms with van der Waals surface area (Å²) in [5.74, 6) is 0.327. The topological polar surface area (TPSA) is 102 Å². The van der Waals surface area contributed by atoms with Gasteiger partial charge in [0, 0.05) is 25.2 Å². The molecule has 0 aliphatic carbocycles. The van der Waals surface area contributed by atoms with E-state index in [2.05, 4.69) is 5.32 Å². The second-order valence-electron chi connectivity index (χ2n) is 5.85. The molecule has 1 aromatic carbocycles. The average Bonchev–Trinajstić information content (AvgIpc) is 3.01. The highest BCUT2D eigenvalue weighted by Crippen LogP contribution is 2.33. The smallest absolute Gasteiger partial charge is 0.273 e. The molecule has 8 nitrogen and oxygen atoms in total. The number of hydrogen-bond donors (Lipinski definition) is 1. The van der Waals surface area contributed by atoms with Crippen molar-refractivity contribution in [3.05, 3.63) is 28.3 Å². The maximum atomic E-state index is 12.9. The SMILES string of the molecule is COc1cc([N+](=O)[O-])ccc1S(=O)(=O)N1CCC2NCCC2C1.Cl. The molecule has 1 N–H and O–H groups in total. The van der Waals surface area contributed by atoms with E-state index in [1.165, 1.54) is 23.5 Å². The number of non-ortho nitro benzene ring substituents is 1. The second-order valence-corrected chi connectivity index (χ2v) is 7.76. The highest BCUT2D eigenvalue weighted by molar-refractivity contribution is 7.89. The van der Waals surface area contributed by atoms with Crippen LogP contribution in [0.1, 0.15) is 12.8 Å². The van der Waals surface area contributed by atoms with Crippen LogP contribution in [0.5, 0.6) is 5.75 Å². The lowest BCUT2D eigenvalue weighted by molar-refractivity contribution is -0.385. The quantitative estimate of drug-likeness (QED) is 0.628. The summed E-state index contributed by atoms with van der Waals surface area (Å²) in [5, 5.41) is 14.2. The summed E-state index contributed by atoms with van der Waals surface area (Å²) in [6, 6.07) is 3.99. The number of nitro groups is 1. The molecule has 3 rings (SSSR count). The number of sulfonamides is 1. The van der Waals surface area contributed by atoms with E-state index in [-0.39, 0.29) is 28.7 Å². The van der Waals surface area contributed by atoms with Gasteiger partial charge in [-0.2, -0.15) is 4.31 Å². The molecule has 0 bridgehead atoms. The molecule has 10 heteroatoms. The van der Waals surface area contributed by atoms with E-state index in [1.54, 1.807) is 0 Å². The van der Waals surface area contributed by atoms with Crippen LogP contribution in [0.2, 0.25) is 0 Å². The van der Waals surface area contributed by atoms with Gasteiger partial charge >= 0.3 is 0 Å². The standard InChI is InChI=1S/C14H19N3O5S.ClH/c1-22-13-8-11(17(18)19)2-3-14(13)23(20,21)16-7-5-12-10(9-16)4-6-15-12;/h2-3,8,10,12,15H,4-7,9H2,1H3;1H. The third-order valence-electron chi connectivity index (χ3n) is 4.59. The molecule has 2 saturated heterocycles. The predicted octanol–water partition coefficient (Wildman–Crippen LogP) is 1.40. The van der Waals surface area contributed by atoms with E-state index in [1.807, 2.05) is 0 Å². The van der Waals surface area contributed by atoms with Crippen LogP contribution in [-0.2, 0) is 10.0 Å². The minimum Gasteiger partial charge on any atom is -0.495 e. The molecule has 0 aromatic heterocycles. The Balaban J connectivity index is 0.00000208. The van der Waals surface area contributed by atoms with Gasteiger partial charge in [0.25, 0.3) is 5.69 Å². The number of fused-ring (bicyclic) bond motifs is 1. The zero-order valence-corrected chi connectivity index (χ0v) is 14.8. The number of methoxy groups -OCH3 is 1. The van der Waals surface area contributed by atoms with Crippen molar-refractivity contribution in [1.82, 2.24) is 9.62 Å². The molecular formula is C14H20ClN3O5S. The van der Waals surface area contributed by atoms with Crippen LogP contribution in [-0.4, -0.2) is 50.4 Å². The van der Waals surface area contributed by atoms with E-state index in [4.69, 9.17) is 4.74 Å². The molecule has 2 aliphatic rings. The number of halogens is 1. The third kappa shape index (κ3) is 3.34. The van der Waals surface area contributed by atoms with Crippen LogP contribution < -0.4 is 10.1 Å². The summed E-state index contributed by atoms with van der Waals surface area (Å²) < 4.78 is 32.3. The fourth-order valence-corrected chi connectivity index (χ4v) is 5.00. The highest BCUT2D eigenvalue weighted by Gasteiger charge is 2.38. The van der Waals surface area contributed by atoms with Gasteiger partial charge in [0.1, 0.15) is 10.6 Å². The van der Waals surface area contributed by atoms with E-state index < -0.39 is 14.9 Å². The summed E-state index contributed by atoms with van der Waals surface area (Å²) in [5.41, 5.74) is -0.195. The summed E-state index contributed by atoms with van der Waals surface area (Å²) >= 11 is 0. The number of piperidine rings is 1. The lowest BCUT2D eigenvalue weighted by Gasteiger charge is -2.34. The fourth-order valence-electron chi connectivity index (χ4n) is 3.35. The van der Waals surface area contributed by atoms with Gasteiger partial charge in [0.05, 0.1) is 18.1 Å². The van der Waals surface area contributed by atoms with Crippen molar-refractivity contribution in [3.63, 3.8) is 0 Å². The number of hydrogen-bond acceptors (Lipinski definition) is 6. The maximum absolute atomic E-state index is 12.9. The number of nitrogens with zero attached hydrogens (tertiary/aromatic N) is 2. The monoisotopic (exact) mass is 377 g/mol. The van der Waals surface area contributed by atoms with Crippen LogP contribution in [0.15, 0.2) is 23.1 Å². The first-order valence-corrected chi connectivity index (χ1v) is 8.93. The van der Waals surface area contributed by atoms with Crippen molar-refractivity contribution in [2.75, 3.05) is 26.7 Å². The number of nitrogens with one attached hydrogen (secondary N) is 1. The number of benzene rings is 1. The normalized spacial score (nSPS) is 24.0. The lowest BCUT2D eigenvalue weighted by atomic mass is 9.95. The third-order valence-corrected chi connectivity index (χ3v) is 6.50. The molecule has 24 heavy (non-hydrogen) atoms. The van der Waals surface area contributed by atoms with E-state index in [0.717, 1.165) is 25.5 Å². The van der Waals surface area contributed by atoms with Gasteiger partial charge in [-0.25, -0.2) is 8.42 Å². The molecule has 2 heterocycles. The summed E-state index contributed by atoms with van der Waals surface area (Å²) in [4.78, 5) is 10.2. The molecule has 2 fully saturated rings. The van der Waals surface area contributed by atoms with Crippen molar-refractivity contribution >= 4 is 28.1 Å². The van der Waals surface area contributed by atoms with Crippen molar-refractivity contribution < 1.29 is 18.1 Å². The van der Waals surface area contributed by atoms with Crippen LogP contribution >= 0.6 is 12.4 Å². The molecule has 1 aromatic rings. The fraction of sp³-hybridized carbons (Fsp3) is 0.571. The Labute approximate surface area is 146 Å². The summed E-state index contributed by atoms with van der Waals surface area (Å²) in [6.45, 7) is 1.83. The highest BCUT2D eigenvalue weighted by atomic mass is 35.5. The van der Waals surface area contributed by atoms with Gasteiger partial charge in [-0.15, -0.1) is 12.4 Å². The van der Waals surface area contributed by atoms with Crippen LogP contribution in [0.3, 0.4) is 0 Å². The summed E-state index contributed by atoms with van der Waals surface area (Å²) in [7, 11) is -2.42. The van der Waals surface area contributed by atoms with E-state index in [9.17, 15) is 18.5 Å². The molecular weight excluding hydrogens is 358 g/mol. The molecule has 0 spiro atoms. The lowest BCUT2D eigenvalue weighted by Crippen LogP contribution is -2.46. The van der Waals surface area contributed by atoms with Crippen LogP contribution in [0.25, 0.3) is 0 Å². The molecule has 0 saturated carbocycles. The van der Waals surface area contributed by atoms with Gasteiger partial charge in [0.2, 0.25) is 10.0 Å². The molecule has 0 radical (unpaired) electrons. The van der Waals surface area contributed by atoms with Crippen LogP contribution in [0.4, 0.5) is 5.69 Å². The Bertz CT molecular complexity index is 727. The van der Waals surface area contributed by atoms with Gasteiger partial charge < -0.3 is 10.1 Å². The Hall–Kier alpha value is -1.42. The minimum atomic E-state index is -3.73. The molecule has 2 unspecified atom stereocenters. The van der Waals surface area contributed by atoms with Gasteiger partial charge in [-0.1, -0.05) is 0 Å². The van der Waals surface area contributed by atoms with Crippen molar-refractivity contribution in [2.45, 2.75) is 23.8 Å². The Morgan fingerprint density at radius 3 is 2.79 bits per heavy atom. The molecule has 2 aliphatic heterocycles. The molecule has 2 atom stereocenters. The van der Waals surface area contributed by atoms with Gasteiger partial charge in [-0.05, 0) is 31.4 Å². The van der Waals surface area contributed by atoms with Gasteiger partial charge in [-0.3, -0.25) is 10.1 Å². The molecule has 134 valence electrons. The minimum absolute atomic E-state index is 0. The van der Waals surface area contributed by atoms with E-state index >= 15 is 0 Å². The summed E-state index contributed by atoms with van der Waals surface area (Å²) in [6.07, 6.45) is 1.74. The van der Waals surface area contributed by atoms with Crippen molar-refractivity contribution in [1.29, 1.82) is 0 Å². The largest absolute Gasteiger partial charge is 0.495 e. The first kappa shape index (κ1) is 18.9. The number of nitro benzene ring substituents is 1. The van der Waals surface area contributed by atoms with Crippen LogP contribution in [0, 0.1) is 16.0 Å². The Morgan fingerprint density at radius 2 is 2.12 bits per heavy atom. The van der Waals surface area contributed by atoms with Crippen molar-refractivity contribution in [3.8, 4) is 5.75 Å². The first-order valence-electron chi connectivity index (χ1n) is 7.49. The van der Waals surface area contributed by atoms with E-state index in [0.29, 0.717) is 25.0 Å².